The first-order chi connectivity index (χ1) is 11.5. The van der Waals surface area contributed by atoms with Gasteiger partial charge in [0.1, 0.15) is 5.82 Å². The minimum absolute atomic E-state index is 0.0885. The van der Waals surface area contributed by atoms with Gasteiger partial charge in [0.25, 0.3) is 5.91 Å². The molecule has 0 unspecified atom stereocenters. The Kier molecular flexibility index (Phi) is 5.17. The van der Waals surface area contributed by atoms with Crippen molar-refractivity contribution in [1.82, 2.24) is 9.80 Å². The molecule has 1 saturated heterocycles. The van der Waals surface area contributed by atoms with Gasteiger partial charge in [-0.1, -0.05) is 29.8 Å². The van der Waals surface area contributed by atoms with Crippen LogP contribution in [0.3, 0.4) is 0 Å². The van der Waals surface area contributed by atoms with Crippen LogP contribution in [0.4, 0.5) is 4.39 Å². The molecule has 0 aromatic heterocycles. The highest BCUT2D eigenvalue weighted by Gasteiger charge is 2.23. The molecule has 3 nitrogen and oxygen atoms in total. The summed E-state index contributed by atoms with van der Waals surface area (Å²) in [7, 11) is 0. The average molecular weight is 347 g/mol. The van der Waals surface area contributed by atoms with E-state index in [9.17, 15) is 9.18 Å². The van der Waals surface area contributed by atoms with Gasteiger partial charge in [-0.3, -0.25) is 9.69 Å². The number of aryl methyl sites for hydroxylation is 1. The molecule has 1 aliphatic heterocycles. The van der Waals surface area contributed by atoms with Crippen LogP contribution in [0.1, 0.15) is 21.5 Å². The van der Waals surface area contributed by atoms with Crippen LogP contribution in [0.5, 0.6) is 0 Å². The van der Waals surface area contributed by atoms with Crippen LogP contribution in [-0.2, 0) is 6.54 Å². The molecule has 1 amide bonds. The maximum Gasteiger partial charge on any atom is 0.254 e. The fraction of sp³-hybridized carbons (Fsp3) is 0.316. The molecular weight excluding hydrogens is 327 g/mol. The Hall–Kier alpha value is -1.91. The summed E-state index contributed by atoms with van der Waals surface area (Å²) >= 11 is 6.02. The Balaban J connectivity index is 1.60. The summed E-state index contributed by atoms with van der Waals surface area (Å²) in [6.45, 7) is 5.55. The first kappa shape index (κ1) is 16.9. The molecule has 2 aromatic carbocycles. The van der Waals surface area contributed by atoms with E-state index >= 15 is 0 Å². The van der Waals surface area contributed by atoms with Crippen LogP contribution >= 0.6 is 11.6 Å². The van der Waals surface area contributed by atoms with Gasteiger partial charge in [0, 0.05) is 43.3 Å². The monoisotopic (exact) mass is 346 g/mol. The summed E-state index contributed by atoms with van der Waals surface area (Å²) in [5.74, 6) is -0.460. The third-order valence-corrected chi connectivity index (χ3v) is 4.62. The molecule has 24 heavy (non-hydrogen) atoms. The Bertz CT molecular complexity index is 742. The highest BCUT2D eigenvalue weighted by Crippen LogP contribution is 2.17. The second-order valence-electron chi connectivity index (χ2n) is 6.16. The molecule has 0 bridgehead atoms. The molecule has 0 atom stereocenters. The summed E-state index contributed by atoms with van der Waals surface area (Å²) in [6.07, 6.45) is 0. The highest BCUT2D eigenvalue weighted by molar-refractivity contribution is 6.30. The third-order valence-electron chi connectivity index (χ3n) is 4.38. The molecule has 0 spiro atoms. The van der Waals surface area contributed by atoms with Crippen LogP contribution in [0.2, 0.25) is 5.02 Å². The number of carbonyl (C=O) groups is 1. The fourth-order valence-corrected chi connectivity index (χ4v) is 3.21. The first-order valence-corrected chi connectivity index (χ1v) is 8.43. The van der Waals surface area contributed by atoms with E-state index in [0.29, 0.717) is 18.7 Å². The van der Waals surface area contributed by atoms with E-state index in [1.807, 2.05) is 25.1 Å². The standard InChI is InChI=1S/C19H20ClFN2O/c1-14-5-6-17(21)12-18(14)19(24)23-9-7-22(8-10-23)13-15-3-2-4-16(20)11-15/h2-6,11-12H,7-10,13H2,1H3. The van der Waals surface area contributed by atoms with Gasteiger partial charge in [-0.15, -0.1) is 0 Å². The molecular formula is C19H20ClFN2O. The summed E-state index contributed by atoms with van der Waals surface area (Å²) < 4.78 is 13.4. The number of nitrogens with zero attached hydrogens (tertiary/aromatic N) is 2. The zero-order valence-electron chi connectivity index (χ0n) is 13.6. The first-order valence-electron chi connectivity index (χ1n) is 8.05. The quantitative estimate of drug-likeness (QED) is 0.845. The van der Waals surface area contributed by atoms with Crippen LogP contribution in [0.25, 0.3) is 0 Å². The Morgan fingerprint density at radius 2 is 1.88 bits per heavy atom. The van der Waals surface area contributed by atoms with Crippen LogP contribution in [0, 0.1) is 12.7 Å². The van der Waals surface area contributed by atoms with Gasteiger partial charge in [-0.05, 0) is 42.3 Å². The number of carbonyl (C=O) groups excluding carboxylic acids is 1. The van der Waals surface area contributed by atoms with Gasteiger partial charge in [0.15, 0.2) is 0 Å². The topological polar surface area (TPSA) is 23.6 Å². The number of halogens is 2. The molecule has 0 aliphatic carbocycles. The molecule has 2 aromatic rings. The number of hydrogen-bond donors (Lipinski definition) is 0. The molecule has 0 saturated carbocycles. The maximum atomic E-state index is 13.4. The molecule has 1 fully saturated rings. The van der Waals surface area contributed by atoms with E-state index in [1.54, 1.807) is 11.0 Å². The van der Waals surface area contributed by atoms with Gasteiger partial charge >= 0.3 is 0 Å². The molecule has 3 rings (SSSR count). The van der Waals surface area contributed by atoms with Crippen molar-refractivity contribution in [3.05, 3.63) is 70.0 Å². The van der Waals surface area contributed by atoms with Crippen molar-refractivity contribution in [2.75, 3.05) is 26.2 Å². The lowest BCUT2D eigenvalue weighted by atomic mass is 10.1. The zero-order valence-corrected chi connectivity index (χ0v) is 14.4. The van der Waals surface area contributed by atoms with Gasteiger partial charge < -0.3 is 4.90 Å². The number of hydrogen-bond acceptors (Lipinski definition) is 2. The normalized spacial score (nSPS) is 15.5. The van der Waals surface area contributed by atoms with E-state index in [-0.39, 0.29) is 11.7 Å². The number of rotatable bonds is 3. The van der Waals surface area contributed by atoms with Crippen LogP contribution < -0.4 is 0 Å². The van der Waals surface area contributed by atoms with Gasteiger partial charge in [0.2, 0.25) is 0 Å². The second-order valence-corrected chi connectivity index (χ2v) is 6.59. The lowest BCUT2D eigenvalue weighted by Crippen LogP contribution is -2.48. The minimum atomic E-state index is -0.372. The van der Waals surface area contributed by atoms with Crippen molar-refractivity contribution in [3.8, 4) is 0 Å². The van der Waals surface area contributed by atoms with E-state index in [2.05, 4.69) is 11.0 Å². The van der Waals surface area contributed by atoms with Gasteiger partial charge in [-0.2, -0.15) is 0 Å². The van der Waals surface area contributed by atoms with E-state index in [1.165, 1.54) is 17.7 Å². The SMILES string of the molecule is Cc1ccc(F)cc1C(=O)N1CCN(Cc2cccc(Cl)c2)CC1. The van der Waals surface area contributed by atoms with Crippen molar-refractivity contribution >= 4 is 17.5 Å². The molecule has 126 valence electrons. The smallest absolute Gasteiger partial charge is 0.254 e. The molecule has 1 aliphatic rings. The predicted octanol–water partition coefficient (Wildman–Crippen LogP) is 3.75. The zero-order chi connectivity index (χ0) is 17.1. The predicted molar refractivity (Wildman–Crippen MR) is 93.8 cm³/mol. The third kappa shape index (κ3) is 3.94. The van der Waals surface area contributed by atoms with E-state index in [0.717, 1.165) is 30.2 Å². The lowest BCUT2D eigenvalue weighted by Gasteiger charge is -2.35. The maximum absolute atomic E-state index is 13.4. The summed E-state index contributed by atoms with van der Waals surface area (Å²) in [4.78, 5) is 16.7. The van der Waals surface area contributed by atoms with E-state index < -0.39 is 0 Å². The van der Waals surface area contributed by atoms with E-state index in [4.69, 9.17) is 11.6 Å². The average Bonchev–Trinajstić information content (AvgIpc) is 2.57. The second kappa shape index (κ2) is 7.32. The highest BCUT2D eigenvalue weighted by atomic mass is 35.5. The Labute approximate surface area is 146 Å². The van der Waals surface area contributed by atoms with Crippen molar-refractivity contribution in [1.29, 1.82) is 0 Å². The van der Waals surface area contributed by atoms with Crippen molar-refractivity contribution in [2.45, 2.75) is 13.5 Å². The fourth-order valence-electron chi connectivity index (χ4n) is 3.00. The number of piperazine rings is 1. The molecule has 5 heteroatoms. The largest absolute Gasteiger partial charge is 0.336 e. The molecule has 1 heterocycles. The number of benzene rings is 2. The molecule has 0 N–H and O–H groups in total. The van der Waals surface area contributed by atoms with Crippen molar-refractivity contribution < 1.29 is 9.18 Å². The Morgan fingerprint density at radius 3 is 2.58 bits per heavy atom. The van der Waals surface area contributed by atoms with Crippen LogP contribution in [0.15, 0.2) is 42.5 Å². The number of amides is 1. The summed E-state index contributed by atoms with van der Waals surface area (Å²) in [5, 5.41) is 0.739. The van der Waals surface area contributed by atoms with Crippen LogP contribution in [-0.4, -0.2) is 41.9 Å². The summed E-state index contributed by atoms with van der Waals surface area (Å²) in [6, 6.07) is 12.2. The van der Waals surface area contributed by atoms with Crippen molar-refractivity contribution in [2.24, 2.45) is 0 Å². The molecule has 0 radical (unpaired) electrons. The Morgan fingerprint density at radius 1 is 1.12 bits per heavy atom. The lowest BCUT2D eigenvalue weighted by molar-refractivity contribution is 0.0627. The minimum Gasteiger partial charge on any atom is -0.336 e. The summed E-state index contributed by atoms with van der Waals surface area (Å²) in [5.41, 5.74) is 2.43. The van der Waals surface area contributed by atoms with Crippen molar-refractivity contribution in [3.63, 3.8) is 0 Å². The van der Waals surface area contributed by atoms with Gasteiger partial charge in [-0.25, -0.2) is 4.39 Å². The van der Waals surface area contributed by atoms with Gasteiger partial charge in [0.05, 0.1) is 0 Å².